The number of allylic oxidation sites excluding steroid dienone is 1. The lowest BCUT2D eigenvalue weighted by atomic mass is 9.78. The van der Waals surface area contributed by atoms with E-state index in [1.165, 1.54) is 18.2 Å². The van der Waals surface area contributed by atoms with Crippen LogP contribution in [0.25, 0.3) is 6.08 Å². The van der Waals surface area contributed by atoms with Crippen molar-refractivity contribution >= 4 is 6.08 Å². The lowest BCUT2D eigenvalue weighted by Crippen LogP contribution is -2.20. The first kappa shape index (κ1) is 20.0. The number of benzene rings is 2. The van der Waals surface area contributed by atoms with Gasteiger partial charge in [-0.3, -0.25) is 0 Å². The zero-order valence-corrected chi connectivity index (χ0v) is 16.5. The van der Waals surface area contributed by atoms with E-state index in [0.717, 1.165) is 36.8 Å². The second-order valence-electron chi connectivity index (χ2n) is 7.91. The molecule has 0 aromatic heterocycles. The Bertz CT molecular complexity index is 897. The van der Waals surface area contributed by atoms with Gasteiger partial charge in [-0.1, -0.05) is 24.3 Å². The van der Waals surface area contributed by atoms with E-state index < -0.39 is 11.6 Å². The van der Waals surface area contributed by atoms with E-state index in [0.29, 0.717) is 13.2 Å². The Morgan fingerprint density at radius 2 is 1.79 bits per heavy atom. The minimum Gasteiger partial charge on any atom is -0.490 e. The molecular formula is C24H25F3O2. The Kier molecular flexibility index (Phi) is 5.95. The van der Waals surface area contributed by atoms with Crippen LogP contribution in [0.5, 0.6) is 5.75 Å². The van der Waals surface area contributed by atoms with Crippen LogP contribution >= 0.6 is 0 Å². The van der Waals surface area contributed by atoms with Crippen LogP contribution in [0.15, 0.2) is 36.4 Å². The average molecular weight is 402 g/mol. The molecule has 5 heteroatoms. The van der Waals surface area contributed by atoms with Crippen molar-refractivity contribution in [3.63, 3.8) is 0 Å². The van der Waals surface area contributed by atoms with Gasteiger partial charge < -0.3 is 9.47 Å². The highest BCUT2D eigenvalue weighted by Crippen LogP contribution is 2.39. The highest BCUT2D eigenvalue weighted by Gasteiger charge is 2.28. The van der Waals surface area contributed by atoms with Gasteiger partial charge >= 0.3 is 0 Å². The summed E-state index contributed by atoms with van der Waals surface area (Å²) in [5.74, 6) is -1.60. The van der Waals surface area contributed by atoms with E-state index in [2.05, 4.69) is 0 Å². The standard InChI is InChI=1S/C24H25F3O2/c1-2-3-17-9-11-21(24(27)23(17)26)28-13-15-4-6-16(7-5-15)19-10-8-18(12-20(19)25)22-14-29-22/h2-3,8-12,15-16,22H,4-7,13-14H2,1H3/b3-2+. The average Bonchev–Trinajstić information content (AvgIpc) is 3.57. The van der Waals surface area contributed by atoms with Crippen molar-refractivity contribution in [1.29, 1.82) is 0 Å². The Balaban J connectivity index is 1.32. The fourth-order valence-electron chi connectivity index (χ4n) is 4.13. The fourth-order valence-corrected chi connectivity index (χ4v) is 4.13. The molecule has 4 rings (SSSR count). The number of ether oxygens (including phenoxy) is 2. The summed E-state index contributed by atoms with van der Waals surface area (Å²) in [4.78, 5) is 0. The molecule has 0 radical (unpaired) electrons. The van der Waals surface area contributed by atoms with Crippen molar-refractivity contribution in [1.82, 2.24) is 0 Å². The third-order valence-corrected chi connectivity index (χ3v) is 5.91. The quantitative estimate of drug-likeness (QED) is 0.510. The van der Waals surface area contributed by atoms with E-state index in [-0.39, 0.29) is 35.1 Å². The number of halogens is 3. The van der Waals surface area contributed by atoms with Gasteiger partial charge in [0.25, 0.3) is 0 Å². The summed E-state index contributed by atoms with van der Waals surface area (Å²) in [6.07, 6.45) is 6.71. The SMILES string of the molecule is C/C=C/c1ccc(OCC2CCC(c3ccc(C4CO4)cc3F)CC2)c(F)c1F. The van der Waals surface area contributed by atoms with E-state index in [1.54, 1.807) is 19.1 Å². The normalized spacial score (nSPS) is 24.1. The monoisotopic (exact) mass is 402 g/mol. The molecule has 1 saturated carbocycles. The maximum absolute atomic E-state index is 14.5. The minimum absolute atomic E-state index is 0.0539. The summed E-state index contributed by atoms with van der Waals surface area (Å²) in [6.45, 7) is 2.76. The van der Waals surface area contributed by atoms with E-state index in [1.807, 2.05) is 12.1 Å². The van der Waals surface area contributed by atoms with Crippen LogP contribution in [0.2, 0.25) is 0 Å². The van der Waals surface area contributed by atoms with Crippen molar-refractivity contribution in [3.05, 3.63) is 70.5 Å². The van der Waals surface area contributed by atoms with Crippen molar-refractivity contribution < 1.29 is 22.6 Å². The minimum atomic E-state index is -0.948. The molecule has 0 N–H and O–H groups in total. The molecule has 2 aliphatic rings. The first-order valence-corrected chi connectivity index (χ1v) is 10.2. The summed E-state index contributed by atoms with van der Waals surface area (Å²) in [5.41, 5.74) is 1.88. The van der Waals surface area contributed by atoms with Crippen LogP contribution in [0.4, 0.5) is 13.2 Å². The molecule has 1 saturated heterocycles. The zero-order valence-electron chi connectivity index (χ0n) is 16.5. The zero-order chi connectivity index (χ0) is 20.4. The van der Waals surface area contributed by atoms with Crippen LogP contribution in [0.3, 0.4) is 0 Å². The third-order valence-electron chi connectivity index (χ3n) is 5.91. The van der Waals surface area contributed by atoms with Crippen LogP contribution in [0, 0.1) is 23.4 Å². The highest BCUT2D eigenvalue weighted by atomic mass is 19.2. The van der Waals surface area contributed by atoms with Gasteiger partial charge in [0, 0.05) is 5.56 Å². The first-order chi connectivity index (χ1) is 14.1. The molecule has 1 unspecified atom stereocenters. The Labute approximate surface area is 169 Å². The number of hydrogen-bond acceptors (Lipinski definition) is 2. The molecule has 2 nitrogen and oxygen atoms in total. The van der Waals surface area contributed by atoms with Gasteiger partial charge in [0.05, 0.1) is 13.2 Å². The molecule has 2 aromatic carbocycles. The van der Waals surface area contributed by atoms with Gasteiger partial charge in [-0.05, 0) is 73.8 Å². The third kappa shape index (κ3) is 4.50. The molecular weight excluding hydrogens is 377 g/mol. The van der Waals surface area contributed by atoms with Gasteiger partial charge in [-0.2, -0.15) is 4.39 Å². The number of hydrogen-bond donors (Lipinski definition) is 0. The van der Waals surface area contributed by atoms with Crippen LogP contribution < -0.4 is 4.74 Å². The summed E-state index contributed by atoms with van der Waals surface area (Å²) in [7, 11) is 0. The van der Waals surface area contributed by atoms with Gasteiger partial charge in [0.1, 0.15) is 11.9 Å². The molecule has 29 heavy (non-hydrogen) atoms. The summed E-state index contributed by atoms with van der Waals surface area (Å²) < 4.78 is 53.5. The Morgan fingerprint density at radius 1 is 1.03 bits per heavy atom. The molecule has 0 amide bonds. The smallest absolute Gasteiger partial charge is 0.201 e. The van der Waals surface area contributed by atoms with Gasteiger partial charge in [0.15, 0.2) is 11.6 Å². The van der Waals surface area contributed by atoms with Crippen molar-refractivity contribution in [3.8, 4) is 5.75 Å². The molecule has 1 heterocycles. The largest absolute Gasteiger partial charge is 0.490 e. The van der Waals surface area contributed by atoms with E-state index in [4.69, 9.17) is 9.47 Å². The maximum Gasteiger partial charge on any atom is 0.201 e. The molecule has 1 atom stereocenters. The molecule has 1 aliphatic heterocycles. The number of epoxide rings is 1. The lowest BCUT2D eigenvalue weighted by Gasteiger charge is -2.29. The fraction of sp³-hybridized carbons (Fsp3) is 0.417. The van der Waals surface area contributed by atoms with Crippen molar-refractivity contribution in [2.24, 2.45) is 5.92 Å². The van der Waals surface area contributed by atoms with Gasteiger partial charge in [0.2, 0.25) is 5.82 Å². The van der Waals surface area contributed by atoms with E-state index >= 15 is 0 Å². The highest BCUT2D eigenvalue weighted by molar-refractivity contribution is 5.51. The second kappa shape index (κ2) is 8.62. The van der Waals surface area contributed by atoms with Crippen molar-refractivity contribution in [2.75, 3.05) is 13.2 Å². The predicted octanol–water partition coefficient (Wildman–Crippen LogP) is 6.56. The molecule has 0 spiro atoms. The Hall–Kier alpha value is -2.27. The molecule has 0 bridgehead atoms. The lowest BCUT2D eigenvalue weighted by molar-refractivity contribution is 0.192. The molecule has 2 aromatic rings. The predicted molar refractivity (Wildman–Crippen MR) is 106 cm³/mol. The van der Waals surface area contributed by atoms with Crippen LogP contribution in [0.1, 0.15) is 61.3 Å². The molecule has 1 aliphatic carbocycles. The van der Waals surface area contributed by atoms with Crippen LogP contribution in [-0.4, -0.2) is 13.2 Å². The summed E-state index contributed by atoms with van der Waals surface area (Å²) in [5, 5.41) is 0. The van der Waals surface area contributed by atoms with Gasteiger partial charge in [-0.15, -0.1) is 0 Å². The summed E-state index contributed by atoms with van der Waals surface area (Å²) >= 11 is 0. The first-order valence-electron chi connectivity index (χ1n) is 10.2. The summed E-state index contributed by atoms with van der Waals surface area (Å²) in [6, 6.07) is 8.43. The van der Waals surface area contributed by atoms with Crippen LogP contribution in [-0.2, 0) is 4.74 Å². The molecule has 2 fully saturated rings. The van der Waals surface area contributed by atoms with E-state index in [9.17, 15) is 13.2 Å². The second-order valence-corrected chi connectivity index (χ2v) is 7.91. The number of rotatable bonds is 6. The Morgan fingerprint density at radius 3 is 2.45 bits per heavy atom. The topological polar surface area (TPSA) is 21.8 Å². The molecule has 154 valence electrons. The van der Waals surface area contributed by atoms with Gasteiger partial charge in [-0.25, -0.2) is 8.78 Å². The maximum atomic E-state index is 14.5. The van der Waals surface area contributed by atoms with Crippen molar-refractivity contribution in [2.45, 2.75) is 44.6 Å².